The van der Waals surface area contributed by atoms with Gasteiger partial charge in [0.05, 0.1) is 0 Å². The molecule has 2 saturated carbocycles. The summed E-state index contributed by atoms with van der Waals surface area (Å²) in [7, 11) is 0. The van der Waals surface area contributed by atoms with Crippen molar-refractivity contribution in [2.24, 2.45) is 23.7 Å². The summed E-state index contributed by atoms with van der Waals surface area (Å²) in [5.74, 6) is 3.18. The van der Waals surface area contributed by atoms with Gasteiger partial charge in [-0.05, 0) is 43.4 Å². The summed E-state index contributed by atoms with van der Waals surface area (Å²) >= 11 is 0. The minimum atomic E-state index is 0.390. The van der Waals surface area contributed by atoms with E-state index in [0.29, 0.717) is 11.8 Å². The number of hydrogen-bond acceptors (Lipinski definition) is 1. The zero-order valence-corrected chi connectivity index (χ0v) is 15.6. The molecule has 0 aromatic rings. The van der Waals surface area contributed by atoms with Gasteiger partial charge in [-0.2, -0.15) is 0 Å². The highest BCUT2D eigenvalue weighted by atomic mass is 16.1. The van der Waals surface area contributed by atoms with Crippen molar-refractivity contribution < 1.29 is 4.79 Å². The van der Waals surface area contributed by atoms with Crippen LogP contribution in [0.25, 0.3) is 0 Å². The predicted molar refractivity (Wildman–Crippen MR) is 99.6 cm³/mol. The van der Waals surface area contributed by atoms with E-state index in [1.54, 1.807) is 0 Å². The Morgan fingerprint density at radius 3 is 2.22 bits per heavy atom. The number of rotatable bonds is 10. The molecule has 0 radical (unpaired) electrons. The third-order valence-electron chi connectivity index (χ3n) is 6.69. The Kier molecular flexibility index (Phi) is 9.31. The van der Waals surface area contributed by atoms with Crippen LogP contribution in [0.5, 0.6) is 0 Å². The van der Waals surface area contributed by atoms with E-state index in [1.165, 1.54) is 103 Å². The number of unbranched alkanes of at least 4 members (excludes halogenated alkanes) is 3. The van der Waals surface area contributed by atoms with Crippen LogP contribution in [-0.2, 0) is 4.79 Å². The molecule has 0 saturated heterocycles. The van der Waals surface area contributed by atoms with Gasteiger partial charge >= 0.3 is 0 Å². The van der Waals surface area contributed by atoms with Crippen LogP contribution >= 0.6 is 0 Å². The average molecular weight is 321 g/mol. The van der Waals surface area contributed by atoms with Crippen LogP contribution in [0.15, 0.2) is 0 Å². The molecule has 4 atom stereocenters. The van der Waals surface area contributed by atoms with Gasteiger partial charge < -0.3 is 4.79 Å². The number of aldehydes is 1. The first-order valence-corrected chi connectivity index (χ1v) is 10.8. The SMILES string of the molecule is CCCCC1CCCC(CCCCCC2CCCCC2C=O)C1. The summed E-state index contributed by atoms with van der Waals surface area (Å²) in [6.45, 7) is 2.32. The molecular weight excluding hydrogens is 280 g/mol. The molecule has 2 rings (SSSR count). The lowest BCUT2D eigenvalue weighted by Gasteiger charge is -2.29. The maximum atomic E-state index is 11.2. The van der Waals surface area contributed by atoms with Gasteiger partial charge in [0.15, 0.2) is 0 Å². The smallest absolute Gasteiger partial charge is 0.123 e. The Balaban J connectivity index is 1.53. The van der Waals surface area contributed by atoms with E-state index >= 15 is 0 Å². The Morgan fingerprint density at radius 2 is 1.48 bits per heavy atom. The van der Waals surface area contributed by atoms with E-state index in [1.807, 2.05) is 0 Å². The predicted octanol–water partition coefficient (Wildman–Crippen LogP) is 6.94. The second kappa shape index (κ2) is 11.3. The third-order valence-corrected chi connectivity index (χ3v) is 6.69. The van der Waals surface area contributed by atoms with Crippen LogP contribution in [0.1, 0.15) is 110 Å². The largest absolute Gasteiger partial charge is 0.303 e. The van der Waals surface area contributed by atoms with Gasteiger partial charge in [-0.15, -0.1) is 0 Å². The van der Waals surface area contributed by atoms with Crippen LogP contribution < -0.4 is 0 Å². The molecule has 1 heteroatoms. The van der Waals surface area contributed by atoms with Crippen molar-refractivity contribution in [2.45, 2.75) is 110 Å². The Morgan fingerprint density at radius 1 is 0.783 bits per heavy atom. The van der Waals surface area contributed by atoms with E-state index in [0.717, 1.165) is 18.3 Å². The molecule has 0 aromatic heterocycles. The van der Waals surface area contributed by atoms with Crippen molar-refractivity contribution in [1.29, 1.82) is 0 Å². The molecule has 134 valence electrons. The Hall–Kier alpha value is -0.330. The van der Waals surface area contributed by atoms with E-state index in [4.69, 9.17) is 0 Å². The van der Waals surface area contributed by atoms with Crippen LogP contribution in [-0.4, -0.2) is 6.29 Å². The van der Waals surface area contributed by atoms with Crippen molar-refractivity contribution >= 4 is 6.29 Å². The summed E-state index contributed by atoms with van der Waals surface area (Å²) in [6, 6.07) is 0. The van der Waals surface area contributed by atoms with Crippen molar-refractivity contribution in [2.75, 3.05) is 0 Å². The minimum Gasteiger partial charge on any atom is -0.303 e. The fraction of sp³-hybridized carbons (Fsp3) is 0.955. The molecule has 0 aliphatic heterocycles. The van der Waals surface area contributed by atoms with Crippen molar-refractivity contribution in [3.63, 3.8) is 0 Å². The lowest BCUT2D eigenvalue weighted by Crippen LogP contribution is -2.20. The third kappa shape index (κ3) is 6.98. The molecule has 2 aliphatic carbocycles. The molecule has 2 fully saturated rings. The second-order valence-corrected chi connectivity index (χ2v) is 8.52. The van der Waals surface area contributed by atoms with Gasteiger partial charge in [-0.3, -0.25) is 0 Å². The summed E-state index contributed by atoms with van der Waals surface area (Å²) < 4.78 is 0. The lowest BCUT2D eigenvalue weighted by atomic mass is 9.76. The first-order chi connectivity index (χ1) is 11.3. The first-order valence-electron chi connectivity index (χ1n) is 10.8. The molecule has 0 N–H and O–H groups in total. The molecule has 23 heavy (non-hydrogen) atoms. The second-order valence-electron chi connectivity index (χ2n) is 8.52. The molecule has 2 aliphatic rings. The van der Waals surface area contributed by atoms with E-state index in [-0.39, 0.29) is 0 Å². The molecule has 0 spiro atoms. The van der Waals surface area contributed by atoms with Crippen LogP contribution in [0.4, 0.5) is 0 Å². The monoisotopic (exact) mass is 320 g/mol. The lowest BCUT2D eigenvalue weighted by molar-refractivity contribution is -0.113. The Bertz CT molecular complexity index is 311. The van der Waals surface area contributed by atoms with E-state index < -0.39 is 0 Å². The van der Waals surface area contributed by atoms with Crippen molar-refractivity contribution in [3.05, 3.63) is 0 Å². The maximum absolute atomic E-state index is 11.2. The molecule has 4 unspecified atom stereocenters. The minimum absolute atomic E-state index is 0.390. The van der Waals surface area contributed by atoms with E-state index in [2.05, 4.69) is 6.92 Å². The van der Waals surface area contributed by atoms with Crippen molar-refractivity contribution in [3.8, 4) is 0 Å². The highest BCUT2D eigenvalue weighted by molar-refractivity contribution is 5.54. The van der Waals surface area contributed by atoms with Crippen LogP contribution in [0, 0.1) is 23.7 Å². The van der Waals surface area contributed by atoms with Gasteiger partial charge in [0.1, 0.15) is 6.29 Å². The van der Waals surface area contributed by atoms with Gasteiger partial charge in [0.2, 0.25) is 0 Å². The standard InChI is InChI=1S/C22H40O/c1-2-3-10-19-12-9-13-20(17-19)11-5-4-6-14-21-15-7-8-16-22(21)18-23/h18-22H,2-17H2,1H3. The van der Waals surface area contributed by atoms with Crippen molar-refractivity contribution in [1.82, 2.24) is 0 Å². The van der Waals surface area contributed by atoms with Gasteiger partial charge in [-0.1, -0.05) is 84.0 Å². The van der Waals surface area contributed by atoms with Crippen LogP contribution in [0.3, 0.4) is 0 Å². The molecule has 0 bridgehead atoms. The topological polar surface area (TPSA) is 17.1 Å². The van der Waals surface area contributed by atoms with Crippen LogP contribution in [0.2, 0.25) is 0 Å². The molecule has 1 nitrogen and oxygen atoms in total. The normalized spacial score (nSPS) is 31.9. The molecular formula is C22H40O. The Labute approximate surface area is 145 Å². The molecule has 0 amide bonds. The fourth-order valence-electron chi connectivity index (χ4n) is 5.21. The maximum Gasteiger partial charge on any atom is 0.123 e. The quantitative estimate of drug-likeness (QED) is 0.315. The number of carbonyl (C=O) groups excluding carboxylic acids is 1. The number of carbonyl (C=O) groups is 1. The first kappa shape index (κ1) is 19.0. The summed E-state index contributed by atoms with van der Waals surface area (Å²) in [6.07, 6.45) is 23.7. The average Bonchev–Trinajstić information content (AvgIpc) is 2.60. The highest BCUT2D eigenvalue weighted by Gasteiger charge is 2.24. The van der Waals surface area contributed by atoms with Gasteiger partial charge in [0.25, 0.3) is 0 Å². The van der Waals surface area contributed by atoms with Gasteiger partial charge in [-0.25, -0.2) is 0 Å². The fourth-order valence-corrected chi connectivity index (χ4v) is 5.21. The van der Waals surface area contributed by atoms with Gasteiger partial charge in [0, 0.05) is 5.92 Å². The molecule has 0 heterocycles. The molecule has 0 aromatic carbocycles. The summed E-state index contributed by atoms with van der Waals surface area (Å²) in [5, 5.41) is 0. The number of hydrogen-bond donors (Lipinski definition) is 0. The highest BCUT2D eigenvalue weighted by Crippen LogP contribution is 2.36. The summed E-state index contributed by atoms with van der Waals surface area (Å²) in [5.41, 5.74) is 0. The zero-order valence-electron chi connectivity index (χ0n) is 15.6. The van der Waals surface area contributed by atoms with E-state index in [9.17, 15) is 4.79 Å². The zero-order chi connectivity index (χ0) is 16.3. The summed E-state index contributed by atoms with van der Waals surface area (Å²) in [4.78, 5) is 11.2.